The maximum absolute atomic E-state index is 11.5. The van der Waals surface area contributed by atoms with Gasteiger partial charge in [-0.3, -0.25) is 4.79 Å². The molecule has 0 aromatic carbocycles. The van der Waals surface area contributed by atoms with Crippen molar-refractivity contribution in [2.75, 3.05) is 6.26 Å². The third-order valence-electron chi connectivity index (χ3n) is 1.94. The largest absolute Gasteiger partial charge is 0.493 e. The lowest BCUT2D eigenvalue weighted by Crippen LogP contribution is -2.18. The topological polar surface area (TPSA) is 100 Å². The average molecular weight is 246 g/mol. The highest BCUT2D eigenvalue weighted by Gasteiger charge is 2.12. The number of aromatic nitrogens is 2. The Kier molecular flexibility index (Phi) is 3.69. The molecule has 0 aliphatic heterocycles. The molecular formula is C9H14N2O4S. The molecule has 0 saturated heterocycles. The fourth-order valence-corrected chi connectivity index (χ4v) is 1.96. The van der Waals surface area contributed by atoms with E-state index in [1.54, 1.807) is 0 Å². The third-order valence-corrected chi connectivity index (χ3v) is 2.74. The van der Waals surface area contributed by atoms with Crippen molar-refractivity contribution in [3.63, 3.8) is 0 Å². The maximum Gasteiger partial charge on any atom is 0.257 e. The van der Waals surface area contributed by atoms with Gasteiger partial charge in [-0.05, 0) is 6.42 Å². The molecule has 1 aromatic heterocycles. The standard InChI is InChI=1S/C9H14N2O4S/c1-3-4-6-8(12)10-7(11-9(6)13)5-16(2,14)15/h3-5H2,1-2H3,(H2,10,11,12,13). The minimum Gasteiger partial charge on any atom is -0.493 e. The predicted octanol–water partition coefficient (Wildman–Crippen LogP) is -0.0274. The van der Waals surface area contributed by atoms with Crippen LogP contribution >= 0.6 is 0 Å². The van der Waals surface area contributed by atoms with Gasteiger partial charge < -0.3 is 10.1 Å². The van der Waals surface area contributed by atoms with E-state index in [1.807, 2.05) is 6.92 Å². The van der Waals surface area contributed by atoms with E-state index in [4.69, 9.17) is 0 Å². The molecule has 0 aliphatic rings. The van der Waals surface area contributed by atoms with Crippen LogP contribution < -0.4 is 5.56 Å². The third kappa shape index (κ3) is 3.34. The second-order valence-electron chi connectivity index (χ2n) is 3.63. The molecule has 1 aromatic rings. The van der Waals surface area contributed by atoms with Crippen molar-refractivity contribution in [1.29, 1.82) is 0 Å². The van der Waals surface area contributed by atoms with Gasteiger partial charge in [-0.2, -0.15) is 4.98 Å². The lowest BCUT2D eigenvalue weighted by molar-refractivity contribution is 0.440. The summed E-state index contributed by atoms with van der Waals surface area (Å²) in [7, 11) is -3.28. The molecule has 90 valence electrons. The molecule has 1 heterocycles. The van der Waals surface area contributed by atoms with Crippen LogP contribution in [0.15, 0.2) is 4.79 Å². The van der Waals surface area contributed by atoms with Gasteiger partial charge in [-0.1, -0.05) is 13.3 Å². The van der Waals surface area contributed by atoms with E-state index in [9.17, 15) is 18.3 Å². The van der Waals surface area contributed by atoms with Gasteiger partial charge in [-0.15, -0.1) is 0 Å². The van der Waals surface area contributed by atoms with Gasteiger partial charge in [0.1, 0.15) is 11.6 Å². The first kappa shape index (κ1) is 12.7. The molecular weight excluding hydrogens is 232 g/mol. The molecule has 1 rings (SSSR count). The minimum absolute atomic E-state index is 0.0372. The van der Waals surface area contributed by atoms with Crippen LogP contribution in [0.1, 0.15) is 24.7 Å². The summed E-state index contributed by atoms with van der Waals surface area (Å²) in [4.78, 5) is 17.5. The molecule has 7 heteroatoms. The van der Waals surface area contributed by atoms with Gasteiger partial charge in [0.2, 0.25) is 5.88 Å². The number of nitrogens with one attached hydrogen (secondary N) is 1. The van der Waals surface area contributed by atoms with Crippen LogP contribution in [-0.4, -0.2) is 29.7 Å². The Labute approximate surface area is 93.3 Å². The zero-order chi connectivity index (χ0) is 12.3. The number of hydrogen-bond acceptors (Lipinski definition) is 5. The zero-order valence-corrected chi connectivity index (χ0v) is 9.97. The number of aromatic amines is 1. The molecule has 0 atom stereocenters. The summed E-state index contributed by atoms with van der Waals surface area (Å²) in [6, 6.07) is 0. The number of rotatable bonds is 4. The summed E-state index contributed by atoms with van der Waals surface area (Å²) in [6.45, 7) is 1.86. The molecule has 0 bridgehead atoms. The summed E-state index contributed by atoms with van der Waals surface area (Å²) in [5.74, 6) is -0.809. The molecule has 0 saturated carbocycles. The summed E-state index contributed by atoms with van der Waals surface area (Å²) >= 11 is 0. The maximum atomic E-state index is 11.5. The zero-order valence-electron chi connectivity index (χ0n) is 9.15. The first-order valence-electron chi connectivity index (χ1n) is 4.82. The van der Waals surface area contributed by atoms with Crippen LogP contribution in [0, 0.1) is 0 Å². The van der Waals surface area contributed by atoms with Gasteiger partial charge in [0.25, 0.3) is 5.56 Å². The Balaban J connectivity index is 3.15. The highest BCUT2D eigenvalue weighted by atomic mass is 32.2. The number of hydrogen-bond donors (Lipinski definition) is 2. The second kappa shape index (κ2) is 4.65. The predicted molar refractivity (Wildman–Crippen MR) is 59.1 cm³/mol. The van der Waals surface area contributed by atoms with Gasteiger partial charge in [0.15, 0.2) is 9.84 Å². The van der Waals surface area contributed by atoms with Crippen molar-refractivity contribution < 1.29 is 13.5 Å². The molecule has 0 fully saturated rings. The van der Waals surface area contributed by atoms with Crippen molar-refractivity contribution in [1.82, 2.24) is 9.97 Å². The quantitative estimate of drug-likeness (QED) is 0.777. The van der Waals surface area contributed by atoms with E-state index in [-0.39, 0.29) is 23.0 Å². The summed E-state index contributed by atoms with van der Waals surface area (Å²) in [5, 5.41) is 9.47. The normalized spacial score (nSPS) is 11.6. The van der Waals surface area contributed by atoms with E-state index >= 15 is 0 Å². The van der Waals surface area contributed by atoms with Crippen molar-refractivity contribution >= 4 is 9.84 Å². The fourth-order valence-electron chi connectivity index (χ4n) is 1.32. The molecule has 6 nitrogen and oxygen atoms in total. The second-order valence-corrected chi connectivity index (χ2v) is 5.78. The SMILES string of the molecule is CCCc1c(O)nc(CS(C)(=O)=O)[nH]c1=O. The van der Waals surface area contributed by atoms with Crippen LogP contribution in [0.25, 0.3) is 0 Å². The van der Waals surface area contributed by atoms with E-state index in [1.165, 1.54) is 0 Å². The Hall–Kier alpha value is -1.37. The Bertz CT molecular complexity index is 533. The highest BCUT2D eigenvalue weighted by Crippen LogP contribution is 2.11. The smallest absolute Gasteiger partial charge is 0.257 e. The van der Waals surface area contributed by atoms with Crippen molar-refractivity contribution in [2.24, 2.45) is 0 Å². The van der Waals surface area contributed by atoms with Gasteiger partial charge in [-0.25, -0.2) is 8.42 Å². The van der Waals surface area contributed by atoms with Crippen molar-refractivity contribution in [3.8, 4) is 5.88 Å². The van der Waals surface area contributed by atoms with Crippen molar-refractivity contribution in [2.45, 2.75) is 25.5 Å². The molecule has 0 radical (unpaired) electrons. The van der Waals surface area contributed by atoms with Crippen LogP contribution in [-0.2, 0) is 22.0 Å². The minimum atomic E-state index is -3.28. The van der Waals surface area contributed by atoms with Gasteiger partial charge in [0.05, 0.1) is 5.56 Å². The van der Waals surface area contributed by atoms with Crippen LogP contribution in [0.5, 0.6) is 5.88 Å². The molecule has 0 unspecified atom stereocenters. The van der Waals surface area contributed by atoms with E-state index < -0.39 is 15.4 Å². The number of H-pyrrole nitrogens is 1. The van der Waals surface area contributed by atoms with E-state index in [2.05, 4.69) is 9.97 Å². The Morgan fingerprint density at radius 1 is 1.44 bits per heavy atom. The summed E-state index contributed by atoms with van der Waals surface area (Å²) in [5.41, 5.74) is -0.284. The monoisotopic (exact) mass is 246 g/mol. The molecule has 16 heavy (non-hydrogen) atoms. The number of aromatic hydroxyl groups is 1. The Morgan fingerprint density at radius 3 is 2.50 bits per heavy atom. The van der Waals surface area contributed by atoms with Crippen molar-refractivity contribution in [3.05, 3.63) is 21.7 Å². The number of nitrogens with zero attached hydrogens (tertiary/aromatic N) is 1. The fraction of sp³-hybridized carbons (Fsp3) is 0.556. The van der Waals surface area contributed by atoms with Gasteiger partial charge >= 0.3 is 0 Å². The summed E-state index contributed by atoms with van der Waals surface area (Å²) < 4.78 is 22.0. The molecule has 0 amide bonds. The lowest BCUT2D eigenvalue weighted by atomic mass is 10.2. The van der Waals surface area contributed by atoms with Gasteiger partial charge in [0, 0.05) is 6.26 Å². The Morgan fingerprint density at radius 2 is 2.06 bits per heavy atom. The first-order chi connectivity index (χ1) is 7.33. The number of sulfone groups is 1. The average Bonchev–Trinajstić information content (AvgIpc) is 2.08. The van der Waals surface area contributed by atoms with Crippen LogP contribution in [0.2, 0.25) is 0 Å². The lowest BCUT2D eigenvalue weighted by Gasteiger charge is -2.04. The van der Waals surface area contributed by atoms with Crippen LogP contribution in [0.4, 0.5) is 0 Å². The van der Waals surface area contributed by atoms with E-state index in [0.717, 1.165) is 6.26 Å². The van der Waals surface area contributed by atoms with Crippen LogP contribution in [0.3, 0.4) is 0 Å². The highest BCUT2D eigenvalue weighted by molar-refractivity contribution is 7.89. The molecule has 2 N–H and O–H groups in total. The molecule has 0 aliphatic carbocycles. The summed E-state index contributed by atoms with van der Waals surface area (Å²) in [6.07, 6.45) is 2.14. The first-order valence-corrected chi connectivity index (χ1v) is 6.88. The molecule has 0 spiro atoms. The van der Waals surface area contributed by atoms with E-state index in [0.29, 0.717) is 12.8 Å².